The summed E-state index contributed by atoms with van der Waals surface area (Å²) in [4.78, 5) is 12.8. The molecule has 0 amide bonds. The number of ether oxygens (including phenoxy) is 1. The minimum Gasteiger partial charge on any atom is -0.496 e. The highest BCUT2D eigenvalue weighted by molar-refractivity contribution is 5.43. The number of benzene rings is 1. The fourth-order valence-electron chi connectivity index (χ4n) is 2.84. The van der Waals surface area contributed by atoms with E-state index in [9.17, 15) is 10.1 Å². The molecule has 1 aromatic rings. The molecule has 2 rings (SSSR count). The first kappa shape index (κ1) is 15.7. The molecule has 1 atom stereocenters. The Hall–Kier alpha value is -1.66. The van der Waals surface area contributed by atoms with Gasteiger partial charge < -0.3 is 10.1 Å². The first-order chi connectivity index (χ1) is 10.1. The van der Waals surface area contributed by atoms with Crippen molar-refractivity contribution in [3.8, 4) is 5.75 Å². The molecule has 0 bridgehead atoms. The van der Waals surface area contributed by atoms with Gasteiger partial charge in [0.15, 0.2) is 0 Å². The molecule has 1 fully saturated rings. The largest absolute Gasteiger partial charge is 0.496 e. The zero-order valence-electron chi connectivity index (χ0n) is 12.7. The molecule has 1 saturated heterocycles. The van der Waals surface area contributed by atoms with Gasteiger partial charge in [-0.05, 0) is 45.5 Å². The number of nitro groups is 1. The molecule has 0 saturated carbocycles. The Balaban J connectivity index is 2.12. The molecule has 0 aromatic heterocycles. The lowest BCUT2D eigenvalue weighted by Gasteiger charge is -2.27. The number of nitrogens with one attached hydrogen (secondary N) is 1. The summed E-state index contributed by atoms with van der Waals surface area (Å²) in [6.07, 6.45) is 3.43. The predicted octanol–water partition coefficient (Wildman–Crippen LogP) is 2.18. The quantitative estimate of drug-likeness (QED) is 0.665. The van der Waals surface area contributed by atoms with Crippen LogP contribution in [0.15, 0.2) is 18.2 Å². The summed E-state index contributed by atoms with van der Waals surface area (Å²) in [5.41, 5.74) is 0.980. The van der Waals surface area contributed by atoms with Crippen LogP contribution in [-0.4, -0.2) is 43.1 Å². The van der Waals surface area contributed by atoms with Crippen molar-refractivity contribution in [2.45, 2.75) is 31.8 Å². The van der Waals surface area contributed by atoms with Crippen LogP contribution >= 0.6 is 0 Å². The Morgan fingerprint density at radius 1 is 1.43 bits per heavy atom. The number of nitro benzene ring substituents is 1. The Morgan fingerprint density at radius 3 is 2.95 bits per heavy atom. The lowest BCUT2D eigenvalue weighted by Crippen LogP contribution is -2.32. The topological polar surface area (TPSA) is 67.6 Å². The average Bonchev–Trinajstić information content (AvgIpc) is 2.76. The van der Waals surface area contributed by atoms with E-state index in [0.717, 1.165) is 31.5 Å². The van der Waals surface area contributed by atoms with Crippen LogP contribution in [0.2, 0.25) is 0 Å². The van der Waals surface area contributed by atoms with Crippen LogP contribution < -0.4 is 10.1 Å². The van der Waals surface area contributed by atoms with Crippen LogP contribution in [-0.2, 0) is 6.54 Å². The zero-order chi connectivity index (χ0) is 15.2. The Bertz CT molecular complexity index is 485. The summed E-state index contributed by atoms with van der Waals surface area (Å²) >= 11 is 0. The van der Waals surface area contributed by atoms with E-state index in [-0.39, 0.29) is 10.6 Å². The smallest absolute Gasteiger partial charge is 0.270 e. The SMILES string of the molecule is COc1ccc([N+](=O)[O-])cc1CN(C)C1CCCNCC1. The summed E-state index contributed by atoms with van der Waals surface area (Å²) in [6.45, 7) is 2.76. The van der Waals surface area contributed by atoms with Gasteiger partial charge in [0.05, 0.1) is 12.0 Å². The summed E-state index contributed by atoms with van der Waals surface area (Å²) in [6, 6.07) is 5.28. The van der Waals surface area contributed by atoms with Crippen molar-refractivity contribution >= 4 is 5.69 Å². The number of hydrogen-bond donors (Lipinski definition) is 1. The molecule has 1 aliphatic heterocycles. The summed E-state index contributed by atoms with van der Waals surface area (Å²) in [5.74, 6) is 0.708. The molecule has 6 heteroatoms. The van der Waals surface area contributed by atoms with Crippen molar-refractivity contribution in [2.75, 3.05) is 27.2 Å². The van der Waals surface area contributed by atoms with Gasteiger partial charge in [-0.1, -0.05) is 0 Å². The van der Waals surface area contributed by atoms with E-state index in [4.69, 9.17) is 4.74 Å². The van der Waals surface area contributed by atoms with E-state index >= 15 is 0 Å². The van der Waals surface area contributed by atoms with Crippen molar-refractivity contribution in [2.24, 2.45) is 0 Å². The minimum absolute atomic E-state index is 0.113. The Morgan fingerprint density at radius 2 is 2.24 bits per heavy atom. The highest BCUT2D eigenvalue weighted by Crippen LogP contribution is 2.26. The van der Waals surface area contributed by atoms with E-state index in [1.165, 1.54) is 12.5 Å². The molecule has 1 N–H and O–H groups in total. The van der Waals surface area contributed by atoms with Crippen LogP contribution in [0, 0.1) is 10.1 Å². The van der Waals surface area contributed by atoms with Crippen molar-refractivity contribution < 1.29 is 9.66 Å². The van der Waals surface area contributed by atoms with E-state index < -0.39 is 0 Å². The van der Waals surface area contributed by atoms with E-state index in [1.807, 2.05) is 0 Å². The molecular weight excluding hydrogens is 270 g/mol. The summed E-state index contributed by atoms with van der Waals surface area (Å²) in [5, 5.41) is 14.3. The molecule has 116 valence electrons. The fourth-order valence-corrected chi connectivity index (χ4v) is 2.84. The third kappa shape index (κ3) is 4.15. The van der Waals surface area contributed by atoms with E-state index in [0.29, 0.717) is 18.3 Å². The second-order valence-electron chi connectivity index (χ2n) is 5.50. The van der Waals surface area contributed by atoms with Crippen molar-refractivity contribution in [1.29, 1.82) is 0 Å². The van der Waals surface area contributed by atoms with Crippen LogP contribution in [0.1, 0.15) is 24.8 Å². The van der Waals surface area contributed by atoms with Gasteiger partial charge >= 0.3 is 0 Å². The maximum absolute atomic E-state index is 10.9. The summed E-state index contributed by atoms with van der Waals surface area (Å²) < 4.78 is 5.33. The molecule has 6 nitrogen and oxygen atoms in total. The van der Waals surface area contributed by atoms with Crippen molar-refractivity contribution in [3.05, 3.63) is 33.9 Å². The molecule has 1 heterocycles. The Kier molecular flexibility index (Phi) is 5.52. The molecular formula is C15H23N3O3. The number of rotatable bonds is 5. The molecule has 0 aliphatic carbocycles. The first-order valence-electron chi connectivity index (χ1n) is 7.34. The highest BCUT2D eigenvalue weighted by atomic mass is 16.6. The minimum atomic E-state index is -0.363. The number of non-ortho nitro benzene ring substituents is 1. The second kappa shape index (κ2) is 7.38. The average molecular weight is 293 g/mol. The van der Waals surface area contributed by atoms with Crippen LogP contribution in [0.3, 0.4) is 0 Å². The van der Waals surface area contributed by atoms with Gasteiger partial charge in [-0.25, -0.2) is 0 Å². The van der Waals surface area contributed by atoms with Crippen LogP contribution in [0.4, 0.5) is 5.69 Å². The van der Waals surface area contributed by atoms with Crippen molar-refractivity contribution in [1.82, 2.24) is 10.2 Å². The standard InChI is InChI=1S/C15H23N3O3/c1-17(13-4-3-8-16-9-7-13)11-12-10-14(18(19)20)5-6-15(12)21-2/h5-6,10,13,16H,3-4,7-9,11H2,1-2H3. The van der Waals surface area contributed by atoms with Gasteiger partial charge in [0.25, 0.3) is 5.69 Å². The molecule has 0 spiro atoms. The first-order valence-corrected chi connectivity index (χ1v) is 7.34. The highest BCUT2D eigenvalue weighted by Gasteiger charge is 2.19. The molecule has 0 radical (unpaired) electrons. The third-order valence-corrected chi connectivity index (χ3v) is 4.06. The van der Waals surface area contributed by atoms with Crippen LogP contribution in [0.25, 0.3) is 0 Å². The lowest BCUT2D eigenvalue weighted by atomic mass is 10.1. The van der Waals surface area contributed by atoms with Gasteiger partial charge in [0.1, 0.15) is 5.75 Å². The van der Waals surface area contributed by atoms with Gasteiger partial charge in [-0.3, -0.25) is 15.0 Å². The maximum Gasteiger partial charge on any atom is 0.270 e. The van der Waals surface area contributed by atoms with Gasteiger partial charge in [0.2, 0.25) is 0 Å². The third-order valence-electron chi connectivity index (χ3n) is 4.06. The van der Waals surface area contributed by atoms with Gasteiger partial charge in [0, 0.05) is 30.3 Å². The zero-order valence-corrected chi connectivity index (χ0v) is 12.7. The maximum atomic E-state index is 10.9. The normalized spacial score (nSPS) is 19.3. The number of nitrogens with zero attached hydrogens (tertiary/aromatic N) is 2. The van der Waals surface area contributed by atoms with E-state index in [1.54, 1.807) is 19.2 Å². The summed E-state index contributed by atoms with van der Waals surface area (Å²) in [7, 11) is 3.68. The second-order valence-corrected chi connectivity index (χ2v) is 5.50. The molecule has 1 unspecified atom stereocenters. The lowest BCUT2D eigenvalue weighted by molar-refractivity contribution is -0.385. The monoisotopic (exact) mass is 293 g/mol. The number of methoxy groups -OCH3 is 1. The molecule has 21 heavy (non-hydrogen) atoms. The van der Waals surface area contributed by atoms with Crippen LogP contribution in [0.5, 0.6) is 5.75 Å². The van der Waals surface area contributed by atoms with E-state index in [2.05, 4.69) is 17.3 Å². The van der Waals surface area contributed by atoms with Gasteiger partial charge in [-0.2, -0.15) is 0 Å². The molecule has 1 aliphatic rings. The van der Waals surface area contributed by atoms with Gasteiger partial charge in [-0.15, -0.1) is 0 Å². The molecule has 1 aromatic carbocycles. The fraction of sp³-hybridized carbons (Fsp3) is 0.600. The predicted molar refractivity (Wildman–Crippen MR) is 81.6 cm³/mol. The Labute approximate surface area is 125 Å². The van der Waals surface area contributed by atoms with Crippen molar-refractivity contribution in [3.63, 3.8) is 0 Å². The number of hydrogen-bond acceptors (Lipinski definition) is 5.